The zero-order chi connectivity index (χ0) is 21.4. The molecule has 3 N–H and O–H groups in total. The van der Waals surface area contributed by atoms with Gasteiger partial charge in [0.2, 0.25) is 5.91 Å². The molecular formula is C21H31N3O5. The summed E-state index contributed by atoms with van der Waals surface area (Å²) >= 11 is 0. The van der Waals surface area contributed by atoms with Crippen molar-refractivity contribution >= 4 is 17.8 Å². The Morgan fingerprint density at radius 2 is 2.00 bits per heavy atom. The Balaban J connectivity index is 1.82. The van der Waals surface area contributed by atoms with Crippen molar-refractivity contribution in [2.24, 2.45) is 5.92 Å². The molecule has 160 valence electrons. The standard InChI is InChI=1S/C21H31N3O5/c1-4-14(2)18(13-25)22-19(26)10-9-17-20(27)24(21(28)23-17)12-11-15-5-7-16(29-3)8-6-15/h5-8,14,17-18,25H,4,9-13H2,1-3H3,(H,22,26)(H,23,28)/t14-,17+,18-/m1/s1. The number of benzene rings is 1. The molecule has 1 aliphatic rings. The van der Waals surface area contributed by atoms with Crippen LogP contribution in [0.2, 0.25) is 0 Å². The second-order valence-electron chi connectivity index (χ2n) is 7.37. The van der Waals surface area contributed by atoms with Crippen LogP contribution in [0, 0.1) is 5.92 Å². The topological polar surface area (TPSA) is 108 Å². The third-order valence-electron chi connectivity index (χ3n) is 5.42. The van der Waals surface area contributed by atoms with E-state index in [1.807, 2.05) is 38.1 Å². The van der Waals surface area contributed by atoms with E-state index in [1.165, 1.54) is 4.90 Å². The largest absolute Gasteiger partial charge is 0.497 e. The molecule has 8 heteroatoms. The summed E-state index contributed by atoms with van der Waals surface area (Å²) in [6.45, 7) is 4.11. The number of carbonyl (C=O) groups excluding carboxylic acids is 3. The molecule has 8 nitrogen and oxygen atoms in total. The lowest BCUT2D eigenvalue weighted by Crippen LogP contribution is -2.42. The molecule has 0 radical (unpaired) electrons. The summed E-state index contributed by atoms with van der Waals surface area (Å²) in [6, 6.07) is 6.04. The highest BCUT2D eigenvalue weighted by atomic mass is 16.5. The van der Waals surface area contributed by atoms with Crippen LogP contribution >= 0.6 is 0 Å². The third kappa shape index (κ3) is 6.19. The minimum Gasteiger partial charge on any atom is -0.497 e. The van der Waals surface area contributed by atoms with Gasteiger partial charge in [-0.25, -0.2) is 4.79 Å². The van der Waals surface area contributed by atoms with Gasteiger partial charge in [0.05, 0.1) is 19.8 Å². The Bertz CT molecular complexity index is 707. The van der Waals surface area contributed by atoms with Gasteiger partial charge in [-0.2, -0.15) is 0 Å². The molecule has 0 aromatic heterocycles. The molecular weight excluding hydrogens is 374 g/mol. The van der Waals surface area contributed by atoms with Crippen molar-refractivity contribution in [2.45, 2.75) is 51.6 Å². The zero-order valence-corrected chi connectivity index (χ0v) is 17.3. The molecule has 0 unspecified atom stereocenters. The summed E-state index contributed by atoms with van der Waals surface area (Å²) in [5.74, 6) is 0.365. The fraction of sp³-hybridized carbons (Fsp3) is 0.571. The van der Waals surface area contributed by atoms with E-state index in [2.05, 4.69) is 10.6 Å². The maximum Gasteiger partial charge on any atom is 0.324 e. The SMILES string of the molecule is CC[C@@H](C)[C@@H](CO)NC(=O)CC[C@@H]1NC(=O)N(CCc2ccc(OC)cc2)C1=O. The minimum absolute atomic E-state index is 0.107. The summed E-state index contributed by atoms with van der Waals surface area (Å²) in [6.07, 6.45) is 1.72. The van der Waals surface area contributed by atoms with E-state index in [4.69, 9.17) is 4.74 Å². The summed E-state index contributed by atoms with van der Waals surface area (Å²) in [5, 5.41) is 14.9. The lowest BCUT2D eigenvalue weighted by Gasteiger charge is -2.22. The molecule has 1 saturated heterocycles. The number of imide groups is 1. The number of urea groups is 1. The van der Waals surface area contributed by atoms with Gasteiger partial charge in [-0.3, -0.25) is 14.5 Å². The predicted molar refractivity (Wildman–Crippen MR) is 108 cm³/mol. The van der Waals surface area contributed by atoms with E-state index in [-0.39, 0.29) is 49.8 Å². The average molecular weight is 405 g/mol. The highest BCUT2D eigenvalue weighted by Gasteiger charge is 2.37. The maximum atomic E-state index is 12.5. The smallest absolute Gasteiger partial charge is 0.324 e. The molecule has 3 atom stereocenters. The Hall–Kier alpha value is -2.61. The number of rotatable bonds is 11. The number of carbonyl (C=O) groups is 3. The van der Waals surface area contributed by atoms with E-state index in [0.29, 0.717) is 6.42 Å². The Kier molecular flexibility index (Phi) is 8.45. The van der Waals surface area contributed by atoms with Gasteiger partial charge in [0.25, 0.3) is 5.91 Å². The third-order valence-corrected chi connectivity index (χ3v) is 5.42. The second kappa shape index (κ2) is 10.8. The van der Waals surface area contributed by atoms with Gasteiger partial charge in [-0.05, 0) is 36.5 Å². The summed E-state index contributed by atoms with van der Waals surface area (Å²) < 4.78 is 5.12. The van der Waals surface area contributed by atoms with Gasteiger partial charge < -0.3 is 20.5 Å². The quantitative estimate of drug-likeness (QED) is 0.483. The molecule has 2 rings (SSSR count). The summed E-state index contributed by atoms with van der Waals surface area (Å²) in [7, 11) is 1.59. The number of methoxy groups -OCH3 is 1. The van der Waals surface area contributed by atoms with Gasteiger partial charge in [-0.15, -0.1) is 0 Å². The normalized spacial score (nSPS) is 18.3. The van der Waals surface area contributed by atoms with Crippen LogP contribution in [0.3, 0.4) is 0 Å². The highest BCUT2D eigenvalue weighted by molar-refractivity contribution is 6.04. The molecule has 1 aliphatic heterocycles. The number of nitrogens with zero attached hydrogens (tertiary/aromatic N) is 1. The van der Waals surface area contributed by atoms with E-state index >= 15 is 0 Å². The van der Waals surface area contributed by atoms with E-state index < -0.39 is 12.1 Å². The van der Waals surface area contributed by atoms with Crippen molar-refractivity contribution in [3.63, 3.8) is 0 Å². The van der Waals surface area contributed by atoms with Gasteiger partial charge in [0, 0.05) is 13.0 Å². The lowest BCUT2D eigenvalue weighted by molar-refractivity contribution is -0.127. The fourth-order valence-electron chi connectivity index (χ4n) is 3.22. The molecule has 0 saturated carbocycles. The highest BCUT2D eigenvalue weighted by Crippen LogP contribution is 2.15. The molecule has 0 aliphatic carbocycles. The first-order valence-electron chi connectivity index (χ1n) is 10.0. The Labute approximate surface area is 171 Å². The average Bonchev–Trinajstić information content (AvgIpc) is 3.01. The van der Waals surface area contributed by atoms with Crippen molar-refractivity contribution in [1.29, 1.82) is 0 Å². The van der Waals surface area contributed by atoms with Crippen molar-refractivity contribution < 1.29 is 24.2 Å². The monoisotopic (exact) mass is 405 g/mol. The summed E-state index contributed by atoms with van der Waals surface area (Å²) in [5.41, 5.74) is 0.995. The van der Waals surface area contributed by atoms with Crippen molar-refractivity contribution in [3.05, 3.63) is 29.8 Å². The number of aliphatic hydroxyl groups excluding tert-OH is 1. The molecule has 1 aromatic rings. The van der Waals surface area contributed by atoms with Crippen LogP contribution in [0.5, 0.6) is 5.75 Å². The minimum atomic E-state index is -0.694. The van der Waals surface area contributed by atoms with Gasteiger partial charge in [0.15, 0.2) is 0 Å². The van der Waals surface area contributed by atoms with Crippen LogP contribution in [0.25, 0.3) is 0 Å². The number of ether oxygens (including phenoxy) is 1. The van der Waals surface area contributed by atoms with E-state index in [1.54, 1.807) is 7.11 Å². The number of amides is 4. The molecule has 0 bridgehead atoms. The maximum absolute atomic E-state index is 12.5. The Morgan fingerprint density at radius 3 is 2.59 bits per heavy atom. The van der Waals surface area contributed by atoms with Crippen LogP contribution in [0.15, 0.2) is 24.3 Å². The Morgan fingerprint density at radius 1 is 1.31 bits per heavy atom. The van der Waals surface area contributed by atoms with Crippen molar-refractivity contribution in [2.75, 3.05) is 20.3 Å². The molecule has 1 aromatic carbocycles. The van der Waals surface area contributed by atoms with Gasteiger partial charge in [0.1, 0.15) is 11.8 Å². The molecule has 0 spiro atoms. The van der Waals surface area contributed by atoms with Crippen LogP contribution in [-0.2, 0) is 16.0 Å². The first-order valence-corrected chi connectivity index (χ1v) is 10.0. The zero-order valence-electron chi connectivity index (χ0n) is 17.3. The van der Waals surface area contributed by atoms with Crippen LogP contribution in [0.4, 0.5) is 4.79 Å². The number of hydrogen-bond acceptors (Lipinski definition) is 5. The number of aliphatic hydroxyl groups is 1. The molecule has 4 amide bonds. The van der Waals surface area contributed by atoms with Gasteiger partial charge in [-0.1, -0.05) is 32.4 Å². The van der Waals surface area contributed by atoms with Crippen molar-refractivity contribution in [1.82, 2.24) is 15.5 Å². The fourth-order valence-corrected chi connectivity index (χ4v) is 3.22. The molecule has 1 heterocycles. The van der Waals surface area contributed by atoms with Crippen molar-refractivity contribution in [3.8, 4) is 5.75 Å². The van der Waals surface area contributed by atoms with E-state index in [0.717, 1.165) is 17.7 Å². The van der Waals surface area contributed by atoms with Crippen LogP contribution in [0.1, 0.15) is 38.7 Å². The lowest BCUT2D eigenvalue weighted by atomic mass is 9.99. The van der Waals surface area contributed by atoms with Crippen LogP contribution < -0.4 is 15.4 Å². The number of hydrogen-bond donors (Lipinski definition) is 3. The second-order valence-corrected chi connectivity index (χ2v) is 7.37. The van der Waals surface area contributed by atoms with E-state index in [9.17, 15) is 19.5 Å². The first kappa shape index (κ1) is 22.7. The molecule has 29 heavy (non-hydrogen) atoms. The predicted octanol–water partition coefficient (Wildman–Crippen LogP) is 1.46. The molecule has 1 fully saturated rings. The first-order chi connectivity index (χ1) is 13.9. The van der Waals surface area contributed by atoms with Crippen LogP contribution in [-0.4, -0.2) is 60.2 Å². The van der Waals surface area contributed by atoms with Gasteiger partial charge >= 0.3 is 6.03 Å². The summed E-state index contributed by atoms with van der Waals surface area (Å²) in [4.78, 5) is 38.0. The number of nitrogens with one attached hydrogen (secondary N) is 2.